The van der Waals surface area contributed by atoms with Gasteiger partial charge in [0.15, 0.2) is 5.65 Å². The van der Waals surface area contributed by atoms with E-state index in [2.05, 4.69) is 20.1 Å². The minimum atomic E-state index is -0.983. The maximum Gasteiger partial charge on any atom is 0.337 e. The van der Waals surface area contributed by atoms with Crippen molar-refractivity contribution in [3.05, 3.63) is 63.5 Å². The first kappa shape index (κ1) is 23.9. The molecular weight excluding hydrogens is 529 g/mol. The van der Waals surface area contributed by atoms with Gasteiger partial charge in [0.25, 0.3) is 0 Å². The molecule has 3 fully saturated rings. The summed E-state index contributed by atoms with van der Waals surface area (Å²) < 4.78 is 13.8. The molecule has 196 valence electrons. The lowest BCUT2D eigenvalue weighted by atomic mass is 10.0. The second-order valence-corrected chi connectivity index (χ2v) is 11.3. The maximum absolute atomic E-state index is 11.3. The molecule has 9 nitrogen and oxygen atoms in total. The molecule has 11 heteroatoms. The lowest BCUT2D eigenvalue weighted by molar-refractivity contribution is 0.0402. The number of nitrogens with zero attached hydrogens (tertiary/aromatic N) is 5. The number of carbonyl (C=O) groups is 1. The van der Waals surface area contributed by atoms with Gasteiger partial charge in [-0.15, -0.1) is 5.10 Å². The third-order valence-corrected chi connectivity index (χ3v) is 8.62. The summed E-state index contributed by atoms with van der Waals surface area (Å²) in [7, 11) is 0. The van der Waals surface area contributed by atoms with Gasteiger partial charge < -0.3 is 19.3 Å². The fraction of sp³-hybridized carbons (Fsp3) is 0.407. The summed E-state index contributed by atoms with van der Waals surface area (Å²) in [5.41, 5.74) is 3.15. The second kappa shape index (κ2) is 9.25. The Labute approximate surface area is 228 Å². The average Bonchev–Trinajstić information content (AvgIpc) is 3.19. The third-order valence-electron chi connectivity index (χ3n) is 7.99. The van der Waals surface area contributed by atoms with Crippen molar-refractivity contribution in [2.45, 2.75) is 44.3 Å². The number of hydrogen-bond donors (Lipinski definition) is 1. The number of rotatable bonds is 7. The molecule has 0 radical (unpaired) electrons. The molecule has 3 aliphatic rings. The molecular formula is C27H25Cl2N5O4. The van der Waals surface area contributed by atoms with E-state index >= 15 is 0 Å². The van der Waals surface area contributed by atoms with Gasteiger partial charge in [-0.1, -0.05) is 34.4 Å². The maximum atomic E-state index is 11.3. The van der Waals surface area contributed by atoms with Crippen molar-refractivity contribution in [2.24, 2.45) is 11.8 Å². The van der Waals surface area contributed by atoms with E-state index in [0.29, 0.717) is 57.3 Å². The normalized spacial score (nSPS) is 22.9. The summed E-state index contributed by atoms with van der Waals surface area (Å²) >= 11 is 13.0. The quantitative estimate of drug-likeness (QED) is 0.310. The van der Waals surface area contributed by atoms with Crippen LogP contribution in [0.1, 0.15) is 53.3 Å². The number of hydrogen-bond acceptors (Lipinski definition) is 7. The summed E-state index contributed by atoms with van der Waals surface area (Å²) in [6.07, 6.45) is 5.76. The SMILES string of the molecule is O=C(O)c1ccc2nc(N3C[C@H]4CC(OCc5c(-c6c(Cl)cccc6Cl)noc5C5CC5)C[C@H]4C3)nn2c1. The van der Waals surface area contributed by atoms with Crippen molar-refractivity contribution in [2.75, 3.05) is 18.0 Å². The van der Waals surface area contributed by atoms with Crippen molar-refractivity contribution < 1.29 is 19.2 Å². The lowest BCUT2D eigenvalue weighted by Crippen LogP contribution is -2.24. The van der Waals surface area contributed by atoms with E-state index in [9.17, 15) is 9.90 Å². The van der Waals surface area contributed by atoms with Crippen LogP contribution in [0, 0.1) is 11.8 Å². The van der Waals surface area contributed by atoms with E-state index in [-0.39, 0.29) is 11.7 Å². The van der Waals surface area contributed by atoms with Crippen molar-refractivity contribution in [3.8, 4) is 11.3 Å². The van der Waals surface area contributed by atoms with Crippen LogP contribution in [0.25, 0.3) is 16.9 Å². The Morgan fingerprint density at radius 3 is 2.53 bits per heavy atom. The van der Waals surface area contributed by atoms with E-state index in [1.165, 1.54) is 10.7 Å². The van der Waals surface area contributed by atoms with Crippen LogP contribution in [-0.2, 0) is 11.3 Å². The van der Waals surface area contributed by atoms with E-state index in [1.54, 1.807) is 12.1 Å². The zero-order valence-electron chi connectivity index (χ0n) is 20.4. The van der Waals surface area contributed by atoms with Gasteiger partial charge in [-0.25, -0.2) is 9.31 Å². The number of aromatic nitrogens is 4. The zero-order valence-corrected chi connectivity index (χ0v) is 21.9. The van der Waals surface area contributed by atoms with Crippen LogP contribution < -0.4 is 4.90 Å². The van der Waals surface area contributed by atoms with Gasteiger partial charge in [0.05, 0.1) is 28.3 Å². The molecule has 2 saturated carbocycles. The Balaban J connectivity index is 1.03. The number of carboxylic acids is 1. The highest BCUT2D eigenvalue weighted by molar-refractivity contribution is 6.39. The summed E-state index contributed by atoms with van der Waals surface area (Å²) in [4.78, 5) is 18.1. The van der Waals surface area contributed by atoms with Crippen LogP contribution in [0.3, 0.4) is 0 Å². The van der Waals surface area contributed by atoms with E-state index in [0.717, 1.165) is 50.1 Å². The molecule has 7 rings (SSSR count). The minimum Gasteiger partial charge on any atom is -0.478 e. The Kier molecular flexibility index (Phi) is 5.83. The molecule has 3 aromatic heterocycles. The van der Waals surface area contributed by atoms with Crippen LogP contribution in [0.15, 0.2) is 41.1 Å². The van der Waals surface area contributed by atoms with Crippen LogP contribution >= 0.6 is 23.2 Å². The van der Waals surface area contributed by atoms with Gasteiger partial charge in [-0.2, -0.15) is 4.98 Å². The van der Waals surface area contributed by atoms with Crippen LogP contribution in [-0.4, -0.2) is 50.0 Å². The first-order valence-corrected chi connectivity index (χ1v) is 13.6. The number of aromatic carboxylic acids is 1. The summed E-state index contributed by atoms with van der Waals surface area (Å²) in [5, 5.41) is 19.2. The average molecular weight is 554 g/mol. The fourth-order valence-corrected chi connectivity index (χ4v) is 6.50. The van der Waals surface area contributed by atoms with Crippen molar-refractivity contribution in [1.29, 1.82) is 0 Å². The predicted octanol–water partition coefficient (Wildman–Crippen LogP) is 5.70. The van der Waals surface area contributed by atoms with Gasteiger partial charge >= 0.3 is 5.97 Å². The molecule has 3 atom stereocenters. The molecule has 4 heterocycles. The van der Waals surface area contributed by atoms with Gasteiger partial charge in [0.2, 0.25) is 5.95 Å². The minimum absolute atomic E-state index is 0.149. The highest BCUT2D eigenvalue weighted by Gasteiger charge is 2.43. The van der Waals surface area contributed by atoms with Gasteiger partial charge in [0.1, 0.15) is 11.5 Å². The van der Waals surface area contributed by atoms with Crippen LogP contribution in [0.2, 0.25) is 10.0 Å². The van der Waals surface area contributed by atoms with E-state index in [4.69, 9.17) is 32.5 Å². The van der Waals surface area contributed by atoms with Crippen LogP contribution in [0.4, 0.5) is 5.95 Å². The number of benzene rings is 1. The van der Waals surface area contributed by atoms with Crippen LogP contribution in [0.5, 0.6) is 0 Å². The monoisotopic (exact) mass is 553 g/mol. The highest BCUT2D eigenvalue weighted by Crippen LogP contribution is 2.47. The van der Waals surface area contributed by atoms with Crippen molar-refractivity contribution in [1.82, 2.24) is 19.8 Å². The van der Waals surface area contributed by atoms with Gasteiger partial charge in [-0.3, -0.25) is 0 Å². The molecule has 38 heavy (non-hydrogen) atoms. The molecule has 2 aliphatic carbocycles. The molecule has 0 bridgehead atoms. The molecule has 1 N–H and O–H groups in total. The first-order chi connectivity index (χ1) is 18.4. The number of halogens is 2. The summed E-state index contributed by atoms with van der Waals surface area (Å²) in [6, 6.07) is 8.68. The topological polar surface area (TPSA) is 106 Å². The fourth-order valence-electron chi connectivity index (χ4n) is 5.92. The Morgan fingerprint density at radius 1 is 1.11 bits per heavy atom. The Morgan fingerprint density at radius 2 is 1.84 bits per heavy atom. The molecule has 0 spiro atoms. The molecule has 1 aliphatic heterocycles. The largest absolute Gasteiger partial charge is 0.478 e. The molecule has 1 aromatic carbocycles. The summed E-state index contributed by atoms with van der Waals surface area (Å²) in [6.45, 7) is 2.13. The van der Waals surface area contributed by atoms with E-state index in [1.807, 2.05) is 18.2 Å². The van der Waals surface area contributed by atoms with Crippen molar-refractivity contribution in [3.63, 3.8) is 0 Å². The molecule has 1 unspecified atom stereocenters. The smallest absolute Gasteiger partial charge is 0.337 e. The highest BCUT2D eigenvalue weighted by atomic mass is 35.5. The Hall–Kier alpha value is -3.14. The second-order valence-electron chi connectivity index (χ2n) is 10.5. The molecule has 1 saturated heterocycles. The number of carboxylic acid groups (broad SMARTS) is 1. The number of ether oxygens (including phenoxy) is 1. The van der Waals surface area contributed by atoms with Gasteiger partial charge in [0, 0.05) is 36.3 Å². The predicted molar refractivity (Wildman–Crippen MR) is 141 cm³/mol. The van der Waals surface area contributed by atoms with E-state index < -0.39 is 5.97 Å². The number of fused-ring (bicyclic) bond motifs is 2. The van der Waals surface area contributed by atoms with Gasteiger partial charge in [-0.05, 0) is 61.8 Å². The standard InChI is InChI=1S/C27H25Cl2N5O4/c28-20-2-1-3-21(29)23(20)24-19(25(38-32-24)14-4-5-14)13-37-18-8-16-10-33(11-17(16)9-18)27-30-22-7-6-15(26(35)36)12-34(22)31-27/h1-3,6-7,12,14,16-18H,4-5,8-11,13H2,(H,35,36)/t16-,17+,18?. The zero-order chi connectivity index (χ0) is 26.0. The molecule has 0 amide bonds. The number of anilines is 1. The Bertz CT molecular complexity index is 1510. The molecule has 4 aromatic rings. The third kappa shape index (κ3) is 4.22. The number of pyridine rings is 1. The van der Waals surface area contributed by atoms with Crippen molar-refractivity contribution >= 4 is 40.8 Å². The lowest BCUT2D eigenvalue weighted by Gasteiger charge is -2.18. The summed E-state index contributed by atoms with van der Waals surface area (Å²) in [5.74, 6) is 1.91. The first-order valence-electron chi connectivity index (χ1n) is 12.8.